The van der Waals surface area contributed by atoms with E-state index in [0.717, 1.165) is 22.0 Å². The van der Waals surface area contributed by atoms with Gasteiger partial charge in [0.15, 0.2) is 0 Å². The van der Waals surface area contributed by atoms with E-state index in [1.807, 2.05) is 60.9 Å². The summed E-state index contributed by atoms with van der Waals surface area (Å²) in [5.41, 5.74) is 3.52. The van der Waals surface area contributed by atoms with Crippen molar-refractivity contribution in [2.45, 2.75) is 26.9 Å². The fourth-order valence-electron chi connectivity index (χ4n) is 3.02. The number of nitrogens with zero attached hydrogens (tertiary/aromatic N) is 1. The van der Waals surface area contributed by atoms with E-state index in [4.69, 9.17) is 23.2 Å². The molecule has 1 heterocycles. The summed E-state index contributed by atoms with van der Waals surface area (Å²) in [6.07, 6.45) is 0. The molecule has 1 amide bonds. The number of rotatable bonds is 4. The van der Waals surface area contributed by atoms with Crippen LogP contribution >= 0.6 is 23.2 Å². The first-order valence-corrected chi connectivity index (χ1v) is 8.58. The standard InChI is InChI=1S/C19H18Cl2N2O/c1-3-23-17-9-8-14(20)10-15(17)12(2)18(23)19(24)22-11-13-6-4-5-7-16(13)21/h4-10H,3,11H2,1-2H3,(H,22,24). The molecule has 3 aromatic rings. The Hall–Kier alpha value is -1.97. The van der Waals surface area contributed by atoms with Crippen molar-refractivity contribution < 1.29 is 4.79 Å². The van der Waals surface area contributed by atoms with Crippen LogP contribution in [0.3, 0.4) is 0 Å². The molecule has 5 heteroatoms. The fourth-order valence-corrected chi connectivity index (χ4v) is 3.39. The Kier molecular flexibility index (Phi) is 4.83. The summed E-state index contributed by atoms with van der Waals surface area (Å²) < 4.78 is 2.02. The zero-order valence-electron chi connectivity index (χ0n) is 13.6. The Bertz CT molecular complexity index is 915. The van der Waals surface area contributed by atoms with Gasteiger partial charge in [0, 0.05) is 34.0 Å². The summed E-state index contributed by atoms with van der Waals surface area (Å²) in [6, 6.07) is 13.2. The SMILES string of the molecule is CCn1c(C(=O)NCc2ccccc2Cl)c(C)c2cc(Cl)ccc21. The number of hydrogen-bond donors (Lipinski definition) is 1. The van der Waals surface area contributed by atoms with Crippen LogP contribution in [-0.2, 0) is 13.1 Å². The first kappa shape index (κ1) is 16.9. The van der Waals surface area contributed by atoms with Crippen molar-refractivity contribution in [3.05, 3.63) is 69.3 Å². The minimum Gasteiger partial charge on any atom is -0.347 e. The maximum absolute atomic E-state index is 12.8. The fraction of sp³-hybridized carbons (Fsp3) is 0.211. The Balaban J connectivity index is 1.95. The second-order valence-corrected chi connectivity index (χ2v) is 6.50. The van der Waals surface area contributed by atoms with Gasteiger partial charge in [0.2, 0.25) is 0 Å². The van der Waals surface area contributed by atoms with Crippen LogP contribution in [0.1, 0.15) is 28.5 Å². The Morgan fingerprint density at radius 1 is 1.17 bits per heavy atom. The van der Waals surface area contributed by atoms with Crippen molar-refractivity contribution >= 4 is 40.0 Å². The molecule has 0 saturated heterocycles. The number of benzene rings is 2. The third-order valence-corrected chi connectivity index (χ3v) is 4.81. The normalized spacial score (nSPS) is 11.0. The highest BCUT2D eigenvalue weighted by molar-refractivity contribution is 6.31. The minimum atomic E-state index is -0.110. The Labute approximate surface area is 151 Å². The third kappa shape index (κ3) is 3.02. The molecule has 3 rings (SSSR count). The molecule has 1 aromatic heterocycles. The van der Waals surface area contributed by atoms with Crippen LogP contribution in [-0.4, -0.2) is 10.5 Å². The van der Waals surface area contributed by atoms with Crippen molar-refractivity contribution in [1.29, 1.82) is 0 Å². The average Bonchev–Trinajstić information content (AvgIpc) is 2.85. The average molecular weight is 361 g/mol. The maximum atomic E-state index is 12.8. The lowest BCUT2D eigenvalue weighted by atomic mass is 10.1. The van der Waals surface area contributed by atoms with Crippen LogP contribution in [0.25, 0.3) is 10.9 Å². The minimum absolute atomic E-state index is 0.110. The number of nitrogens with one attached hydrogen (secondary N) is 1. The number of aromatic nitrogens is 1. The van der Waals surface area contributed by atoms with Crippen molar-refractivity contribution in [3.8, 4) is 0 Å². The van der Waals surface area contributed by atoms with E-state index in [0.29, 0.717) is 28.8 Å². The van der Waals surface area contributed by atoms with E-state index in [1.165, 1.54) is 0 Å². The summed E-state index contributed by atoms with van der Waals surface area (Å²) in [6.45, 7) is 5.08. The number of carbonyl (C=O) groups is 1. The lowest BCUT2D eigenvalue weighted by Crippen LogP contribution is -2.26. The van der Waals surface area contributed by atoms with E-state index < -0.39 is 0 Å². The molecule has 24 heavy (non-hydrogen) atoms. The molecule has 0 saturated carbocycles. The van der Waals surface area contributed by atoms with Crippen LogP contribution in [0.4, 0.5) is 0 Å². The number of fused-ring (bicyclic) bond motifs is 1. The van der Waals surface area contributed by atoms with Crippen molar-refractivity contribution in [3.63, 3.8) is 0 Å². The van der Waals surface area contributed by atoms with Gasteiger partial charge in [-0.05, 0) is 49.2 Å². The van der Waals surface area contributed by atoms with Gasteiger partial charge in [0.1, 0.15) is 5.69 Å². The molecule has 0 unspecified atom stereocenters. The van der Waals surface area contributed by atoms with E-state index in [2.05, 4.69) is 5.32 Å². The molecule has 0 aliphatic carbocycles. The first-order chi connectivity index (χ1) is 11.5. The van der Waals surface area contributed by atoms with Crippen LogP contribution in [0, 0.1) is 6.92 Å². The van der Waals surface area contributed by atoms with Gasteiger partial charge in [-0.25, -0.2) is 0 Å². The highest BCUT2D eigenvalue weighted by Gasteiger charge is 2.19. The topological polar surface area (TPSA) is 34.0 Å². The second-order valence-electron chi connectivity index (χ2n) is 5.65. The quantitative estimate of drug-likeness (QED) is 0.680. The zero-order chi connectivity index (χ0) is 17.3. The smallest absolute Gasteiger partial charge is 0.268 e. The molecule has 0 aliphatic heterocycles. The maximum Gasteiger partial charge on any atom is 0.268 e. The molecular weight excluding hydrogens is 343 g/mol. The van der Waals surface area contributed by atoms with Gasteiger partial charge < -0.3 is 9.88 Å². The van der Waals surface area contributed by atoms with Crippen LogP contribution in [0.15, 0.2) is 42.5 Å². The lowest BCUT2D eigenvalue weighted by Gasteiger charge is -2.10. The van der Waals surface area contributed by atoms with Crippen LogP contribution in [0.2, 0.25) is 10.0 Å². The van der Waals surface area contributed by atoms with E-state index >= 15 is 0 Å². The predicted molar refractivity (Wildman–Crippen MR) is 100.0 cm³/mol. The van der Waals surface area contributed by atoms with Gasteiger partial charge in [-0.3, -0.25) is 4.79 Å². The third-order valence-electron chi connectivity index (χ3n) is 4.21. The molecule has 0 spiro atoms. The van der Waals surface area contributed by atoms with E-state index in [9.17, 15) is 4.79 Å². The lowest BCUT2D eigenvalue weighted by molar-refractivity contribution is 0.0941. The highest BCUT2D eigenvalue weighted by atomic mass is 35.5. The van der Waals surface area contributed by atoms with Gasteiger partial charge in [0.25, 0.3) is 5.91 Å². The van der Waals surface area contributed by atoms with Gasteiger partial charge in [-0.15, -0.1) is 0 Å². The van der Waals surface area contributed by atoms with Gasteiger partial charge in [-0.2, -0.15) is 0 Å². The molecule has 1 N–H and O–H groups in total. The molecule has 124 valence electrons. The Morgan fingerprint density at radius 2 is 1.92 bits per heavy atom. The molecule has 3 nitrogen and oxygen atoms in total. The van der Waals surface area contributed by atoms with Gasteiger partial charge >= 0.3 is 0 Å². The first-order valence-electron chi connectivity index (χ1n) is 7.83. The molecule has 0 aliphatic rings. The number of aryl methyl sites for hydroxylation is 2. The zero-order valence-corrected chi connectivity index (χ0v) is 15.1. The van der Waals surface area contributed by atoms with Gasteiger partial charge in [0.05, 0.1) is 0 Å². The summed E-state index contributed by atoms with van der Waals surface area (Å²) in [5, 5.41) is 5.30. The number of carbonyl (C=O) groups excluding carboxylic acids is 1. The molecule has 0 bridgehead atoms. The number of hydrogen-bond acceptors (Lipinski definition) is 1. The number of halogens is 2. The van der Waals surface area contributed by atoms with Crippen molar-refractivity contribution in [2.75, 3.05) is 0 Å². The highest BCUT2D eigenvalue weighted by Crippen LogP contribution is 2.28. The monoisotopic (exact) mass is 360 g/mol. The molecule has 0 fully saturated rings. The van der Waals surface area contributed by atoms with Gasteiger partial charge in [-0.1, -0.05) is 41.4 Å². The van der Waals surface area contributed by atoms with E-state index in [1.54, 1.807) is 0 Å². The van der Waals surface area contributed by atoms with Crippen LogP contribution < -0.4 is 5.32 Å². The molecule has 0 radical (unpaired) electrons. The predicted octanol–water partition coefficient (Wildman–Crippen LogP) is 5.21. The second kappa shape index (κ2) is 6.88. The van der Waals surface area contributed by atoms with Crippen molar-refractivity contribution in [1.82, 2.24) is 9.88 Å². The summed E-state index contributed by atoms with van der Waals surface area (Å²) in [4.78, 5) is 12.8. The van der Waals surface area contributed by atoms with Crippen LogP contribution in [0.5, 0.6) is 0 Å². The molecule has 0 atom stereocenters. The summed E-state index contributed by atoms with van der Waals surface area (Å²) >= 11 is 12.3. The Morgan fingerprint density at radius 3 is 2.62 bits per heavy atom. The summed E-state index contributed by atoms with van der Waals surface area (Å²) in [5.74, 6) is -0.110. The molecular formula is C19H18Cl2N2O. The largest absolute Gasteiger partial charge is 0.347 e. The van der Waals surface area contributed by atoms with Crippen molar-refractivity contribution in [2.24, 2.45) is 0 Å². The van der Waals surface area contributed by atoms with E-state index in [-0.39, 0.29) is 5.91 Å². The summed E-state index contributed by atoms with van der Waals surface area (Å²) in [7, 11) is 0. The molecule has 2 aromatic carbocycles. The number of amides is 1.